The Balaban J connectivity index is 4.04. The maximum Gasteiger partial charge on any atom is 0.408 e. The van der Waals surface area contributed by atoms with Gasteiger partial charge < -0.3 is 20.3 Å². The minimum absolute atomic E-state index is 0.323. The Morgan fingerprint density at radius 3 is 2.29 bits per heavy atom. The first kappa shape index (κ1) is 13.2. The number of carbonyl (C=O) groups excluding carboxylic acids is 1. The summed E-state index contributed by atoms with van der Waals surface area (Å²) in [7, 11) is 0. The van der Waals surface area contributed by atoms with Crippen LogP contribution in [-0.4, -0.2) is 40.7 Å². The van der Waals surface area contributed by atoms with Gasteiger partial charge in [-0.2, -0.15) is 0 Å². The Morgan fingerprint density at radius 2 is 2.00 bits per heavy atom. The van der Waals surface area contributed by atoms with E-state index in [2.05, 4.69) is 5.32 Å². The molecule has 0 aromatic rings. The second kappa shape index (κ2) is 5.17. The fraction of sp³-hybridized carbons (Fsp3) is 0.889. The van der Waals surface area contributed by atoms with E-state index in [0.717, 1.165) is 0 Å². The summed E-state index contributed by atoms with van der Waals surface area (Å²) >= 11 is 0. The maximum absolute atomic E-state index is 11.2. The van der Waals surface area contributed by atoms with Crippen LogP contribution in [0.4, 0.5) is 4.79 Å². The molecular weight excluding hydrogens is 186 g/mol. The van der Waals surface area contributed by atoms with Gasteiger partial charge in [-0.25, -0.2) is 4.79 Å². The van der Waals surface area contributed by atoms with Crippen LogP contribution in [-0.2, 0) is 4.74 Å². The van der Waals surface area contributed by atoms with Gasteiger partial charge in [-0.3, -0.25) is 0 Å². The lowest BCUT2D eigenvalue weighted by Crippen LogP contribution is -2.46. The third-order valence-electron chi connectivity index (χ3n) is 1.48. The van der Waals surface area contributed by atoms with Crippen molar-refractivity contribution >= 4 is 6.09 Å². The summed E-state index contributed by atoms with van der Waals surface area (Å²) in [6.07, 6.45) is -1.45. The lowest BCUT2D eigenvalue weighted by Gasteiger charge is -2.23. The Labute approximate surface area is 84.1 Å². The second-order valence-corrected chi connectivity index (χ2v) is 4.18. The van der Waals surface area contributed by atoms with E-state index in [0.29, 0.717) is 0 Å². The van der Waals surface area contributed by atoms with Crippen molar-refractivity contribution < 1.29 is 19.7 Å². The van der Waals surface area contributed by atoms with E-state index in [1.165, 1.54) is 6.92 Å². The van der Waals surface area contributed by atoms with E-state index in [1.54, 1.807) is 20.8 Å². The zero-order chi connectivity index (χ0) is 11.4. The average Bonchev–Trinajstić information content (AvgIpc) is 1.96. The summed E-state index contributed by atoms with van der Waals surface area (Å²) in [5.74, 6) is 0. The van der Waals surface area contributed by atoms with Crippen LogP contribution >= 0.6 is 0 Å². The lowest BCUT2D eigenvalue weighted by atomic mass is 10.2. The number of alkyl carbamates (subject to hydrolysis) is 1. The first-order chi connectivity index (χ1) is 6.26. The van der Waals surface area contributed by atoms with Gasteiger partial charge in [-0.15, -0.1) is 0 Å². The molecule has 3 N–H and O–H groups in total. The largest absolute Gasteiger partial charge is 0.444 e. The minimum Gasteiger partial charge on any atom is -0.444 e. The summed E-state index contributed by atoms with van der Waals surface area (Å²) in [4.78, 5) is 11.2. The molecule has 0 aliphatic carbocycles. The van der Waals surface area contributed by atoms with Gasteiger partial charge in [0.1, 0.15) is 5.60 Å². The molecule has 1 amide bonds. The van der Waals surface area contributed by atoms with Crippen molar-refractivity contribution in [2.75, 3.05) is 6.61 Å². The number of hydrogen-bond donors (Lipinski definition) is 3. The number of carbonyl (C=O) groups is 1. The summed E-state index contributed by atoms with van der Waals surface area (Å²) in [6, 6.07) is -0.690. The molecule has 5 nitrogen and oxygen atoms in total. The van der Waals surface area contributed by atoms with Crippen molar-refractivity contribution in [3.05, 3.63) is 0 Å². The van der Waals surface area contributed by atoms with Gasteiger partial charge in [0.2, 0.25) is 0 Å². The normalized spacial score (nSPS) is 15.9. The molecule has 0 heterocycles. The zero-order valence-electron chi connectivity index (χ0n) is 9.07. The summed E-state index contributed by atoms with van der Waals surface area (Å²) in [6.45, 7) is 6.38. The first-order valence-corrected chi connectivity index (χ1v) is 4.54. The predicted molar refractivity (Wildman–Crippen MR) is 51.9 cm³/mol. The van der Waals surface area contributed by atoms with Crippen LogP contribution in [0.25, 0.3) is 0 Å². The van der Waals surface area contributed by atoms with Crippen LogP contribution in [0.3, 0.4) is 0 Å². The fourth-order valence-corrected chi connectivity index (χ4v) is 0.778. The van der Waals surface area contributed by atoms with Gasteiger partial charge in [0, 0.05) is 0 Å². The highest BCUT2D eigenvalue weighted by atomic mass is 16.6. The maximum atomic E-state index is 11.2. The lowest BCUT2D eigenvalue weighted by molar-refractivity contribution is 0.0377. The smallest absolute Gasteiger partial charge is 0.408 e. The van der Waals surface area contributed by atoms with Crippen molar-refractivity contribution in [2.45, 2.75) is 45.4 Å². The van der Waals surface area contributed by atoms with Crippen LogP contribution in [0.15, 0.2) is 0 Å². The van der Waals surface area contributed by atoms with E-state index in [4.69, 9.17) is 14.9 Å². The Hall–Kier alpha value is -0.810. The minimum atomic E-state index is -0.812. The molecule has 0 saturated heterocycles. The molecule has 5 heteroatoms. The third kappa shape index (κ3) is 5.77. The van der Waals surface area contributed by atoms with E-state index >= 15 is 0 Å². The number of amides is 1. The molecule has 0 aromatic heterocycles. The number of aliphatic hydroxyl groups is 2. The van der Waals surface area contributed by atoms with E-state index in [-0.39, 0.29) is 6.61 Å². The Morgan fingerprint density at radius 1 is 1.50 bits per heavy atom. The Bertz CT molecular complexity index is 186. The topological polar surface area (TPSA) is 78.8 Å². The number of ether oxygens (including phenoxy) is 1. The van der Waals surface area contributed by atoms with Crippen LogP contribution in [0.5, 0.6) is 0 Å². The highest BCUT2D eigenvalue weighted by molar-refractivity contribution is 5.68. The zero-order valence-corrected chi connectivity index (χ0v) is 9.07. The van der Waals surface area contributed by atoms with Gasteiger partial charge in [0.25, 0.3) is 0 Å². The molecule has 0 aromatic carbocycles. The van der Waals surface area contributed by atoms with Gasteiger partial charge in [0.15, 0.2) is 0 Å². The molecule has 2 atom stereocenters. The van der Waals surface area contributed by atoms with E-state index < -0.39 is 23.8 Å². The molecule has 0 spiro atoms. The van der Waals surface area contributed by atoms with Crippen molar-refractivity contribution in [1.29, 1.82) is 0 Å². The van der Waals surface area contributed by atoms with Crippen LogP contribution < -0.4 is 5.32 Å². The highest BCUT2D eigenvalue weighted by Crippen LogP contribution is 2.07. The number of nitrogens with one attached hydrogen (secondary N) is 1. The number of aliphatic hydroxyl groups excluding tert-OH is 2. The van der Waals surface area contributed by atoms with Crippen molar-refractivity contribution in [3.8, 4) is 0 Å². The first-order valence-electron chi connectivity index (χ1n) is 4.54. The third-order valence-corrected chi connectivity index (χ3v) is 1.48. The van der Waals surface area contributed by atoms with Gasteiger partial charge in [0.05, 0.1) is 18.8 Å². The molecule has 0 aliphatic heterocycles. The molecule has 0 bridgehead atoms. The molecule has 0 fully saturated rings. The van der Waals surface area contributed by atoms with Crippen LogP contribution in [0, 0.1) is 0 Å². The molecule has 0 rings (SSSR count). The molecule has 0 saturated carbocycles. The average molecular weight is 205 g/mol. The van der Waals surface area contributed by atoms with Crippen molar-refractivity contribution in [1.82, 2.24) is 5.32 Å². The quantitative estimate of drug-likeness (QED) is 0.617. The molecule has 1 unspecified atom stereocenters. The number of hydrogen-bond acceptors (Lipinski definition) is 4. The summed E-state index contributed by atoms with van der Waals surface area (Å²) in [5.41, 5.74) is -0.581. The Kier molecular flexibility index (Phi) is 4.87. The highest BCUT2D eigenvalue weighted by Gasteiger charge is 2.21. The monoisotopic (exact) mass is 205 g/mol. The molecule has 0 aliphatic rings. The van der Waals surface area contributed by atoms with E-state index in [9.17, 15) is 4.79 Å². The second-order valence-electron chi connectivity index (χ2n) is 4.18. The fourth-order valence-electron chi connectivity index (χ4n) is 0.778. The van der Waals surface area contributed by atoms with Crippen LogP contribution in [0.2, 0.25) is 0 Å². The molecular formula is C9H19NO4. The van der Waals surface area contributed by atoms with Gasteiger partial charge >= 0.3 is 6.09 Å². The van der Waals surface area contributed by atoms with Crippen LogP contribution in [0.1, 0.15) is 27.7 Å². The van der Waals surface area contributed by atoms with E-state index in [1.807, 2.05) is 0 Å². The number of rotatable bonds is 3. The molecule has 84 valence electrons. The van der Waals surface area contributed by atoms with Crippen molar-refractivity contribution in [3.63, 3.8) is 0 Å². The standard InChI is InChI=1S/C9H19NO4/c1-6(12)7(5-11)10-8(13)14-9(2,3)4/h6-7,11-12H,5H2,1-4H3,(H,10,13)/t6?,7-/m1/s1. The molecule has 0 radical (unpaired) electrons. The van der Waals surface area contributed by atoms with Gasteiger partial charge in [-0.1, -0.05) is 0 Å². The summed E-state index contributed by atoms with van der Waals surface area (Å²) < 4.78 is 4.95. The molecule has 14 heavy (non-hydrogen) atoms. The summed E-state index contributed by atoms with van der Waals surface area (Å²) in [5, 5.41) is 20.3. The SMILES string of the molecule is CC(O)[C@@H](CO)NC(=O)OC(C)(C)C. The van der Waals surface area contributed by atoms with Gasteiger partial charge in [-0.05, 0) is 27.7 Å². The van der Waals surface area contributed by atoms with Crippen molar-refractivity contribution in [2.24, 2.45) is 0 Å². The predicted octanol–water partition coefficient (Wildman–Crippen LogP) is 0.253.